The molecule has 1 aromatic rings. The topological polar surface area (TPSA) is 46.2 Å². The number of carbonyl (C=O) groups is 2. The Morgan fingerprint density at radius 3 is 2.50 bits per heavy atom. The van der Waals surface area contributed by atoms with Gasteiger partial charge in [0.2, 0.25) is 11.7 Å². The number of alkyl halides is 3. The number of hydrogen-bond donors (Lipinski definition) is 1. The van der Waals surface area contributed by atoms with Crippen LogP contribution in [-0.4, -0.2) is 17.9 Å². The highest BCUT2D eigenvalue weighted by Gasteiger charge is 2.56. The Morgan fingerprint density at radius 2 is 1.92 bits per heavy atom. The molecule has 2 aliphatic rings. The number of Topliss-reactive ketones (excluding diaryl/α,β-unsaturated/α-hetero) is 1. The number of rotatable bonds is 4. The summed E-state index contributed by atoms with van der Waals surface area (Å²) >= 11 is 3.41. The molecule has 3 nitrogen and oxygen atoms in total. The van der Waals surface area contributed by atoms with Crippen molar-refractivity contribution in [1.29, 1.82) is 0 Å². The van der Waals surface area contributed by atoms with E-state index in [9.17, 15) is 22.8 Å². The van der Waals surface area contributed by atoms with Gasteiger partial charge in [-0.2, -0.15) is 13.2 Å². The smallest absolute Gasteiger partial charge is 0.346 e. The van der Waals surface area contributed by atoms with E-state index < -0.39 is 35.2 Å². The zero-order valence-corrected chi connectivity index (χ0v) is 14.7. The molecular weight excluding hydrogens is 387 g/mol. The van der Waals surface area contributed by atoms with E-state index in [2.05, 4.69) is 21.2 Å². The second-order valence-electron chi connectivity index (χ2n) is 6.97. The lowest BCUT2D eigenvalue weighted by atomic mass is 9.91. The highest BCUT2D eigenvalue weighted by Crippen LogP contribution is 2.51. The van der Waals surface area contributed by atoms with Crippen molar-refractivity contribution >= 4 is 27.6 Å². The molecule has 1 N–H and O–H groups in total. The molecule has 0 spiro atoms. The lowest BCUT2D eigenvalue weighted by Crippen LogP contribution is -2.46. The van der Waals surface area contributed by atoms with E-state index in [1.807, 2.05) is 25.1 Å². The molecule has 24 heavy (non-hydrogen) atoms. The number of halogens is 4. The van der Waals surface area contributed by atoms with Crippen molar-refractivity contribution in [2.24, 2.45) is 5.41 Å². The summed E-state index contributed by atoms with van der Waals surface area (Å²) in [6, 6.07) is 5.80. The molecule has 130 valence electrons. The molecule has 0 heterocycles. The molecule has 1 unspecified atom stereocenters. The normalized spacial score (nSPS) is 24.4. The van der Waals surface area contributed by atoms with Crippen LogP contribution in [0.4, 0.5) is 13.2 Å². The number of ketones is 1. The third-order valence-electron chi connectivity index (χ3n) is 5.10. The van der Waals surface area contributed by atoms with Crippen LogP contribution >= 0.6 is 15.9 Å². The van der Waals surface area contributed by atoms with Gasteiger partial charge in [0, 0.05) is 10.9 Å². The summed E-state index contributed by atoms with van der Waals surface area (Å²) in [7, 11) is 0. The second kappa shape index (κ2) is 5.58. The summed E-state index contributed by atoms with van der Waals surface area (Å²) in [5, 5.41) is 2.92. The largest absolute Gasteiger partial charge is 0.450 e. The third-order valence-corrected chi connectivity index (χ3v) is 5.59. The summed E-state index contributed by atoms with van der Waals surface area (Å²) < 4.78 is 38.5. The van der Waals surface area contributed by atoms with Crippen LogP contribution in [0.25, 0.3) is 0 Å². The molecule has 1 atom stereocenters. The first kappa shape index (κ1) is 17.5. The van der Waals surface area contributed by atoms with Crippen molar-refractivity contribution in [1.82, 2.24) is 5.32 Å². The van der Waals surface area contributed by atoms with E-state index in [1.54, 1.807) is 0 Å². The maximum atomic E-state index is 12.6. The Hall–Kier alpha value is -1.37. The summed E-state index contributed by atoms with van der Waals surface area (Å²) in [6.07, 6.45) is -3.51. The quantitative estimate of drug-likeness (QED) is 0.824. The number of aryl methyl sites for hydroxylation is 1. The van der Waals surface area contributed by atoms with Crippen molar-refractivity contribution in [2.45, 2.75) is 50.7 Å². The van der Waals surface area contributed by atoms with E-state index >= 15 is 0 Å². The van der Waals surface area contributed by atoms with Crippen LogP contribution in [0.3, 0.4) is 0 Å². The maximum Gasteiger partial charge on any atom is 0.450 e. The fourth-order valence-electron chi connectivity index (χ4n) is 3.38. The Labute approximate surface area is 146 Å². The predicted octanol–water partition coefficient (Wildman–Crippen LogP) is 4.03. The minimum Gasteiger partial charge on any atom is -0.346 e. The number of hydrogen-bond acceptors (Lipinski definition) is 2. The first-order chi connectivity index (χ1) is 11.1. The Bertz CT molecular complexity index is 712. The highest BCUT2D eigenvalue weighted by atomic mass is 79.9. The van der Waals surface area contributed by atoms with Gasteiger partial charge in [-0.25, -0.2) is 0 Å². The van der Waals surface area contributed by atoms with Crippen molar-refractivity contribution in [3.8, 4) is 0 Å². The van der Waals surface area contributed by atoms with Gasteiger partial charge < -0.3 is 5.32 Å². The van der Waals surface area contributed by atoms with E-state index in [4.69, 9.17) is 0 Å². The van der Waals surface area contributed by atoms with E-state index in [1.165, 1.54) is 0 Å². The minimum atomic E-state index is -4.88. The predicted molar refractivity (Wildman–Crippen MR) is 85.3 cm³/mol. The average molecular weight is 404 g/mol. The number of benzene rings is 1. The lowest BCUT2D eigenvalue weighted by molar-refractivity contribution is -0.173. The van der Waals surface area contributed by atoms with Gasteiger partial charge in [0.1, 0.15) is 0 Å². The lowest BCUT2D eigenvalue weighted by Gasteiger charge is -2.29. The number of nitrogens with one attached hydrogen (secondary N) is 1. The summed E-state index contributed by atoms with van der Waals surface area (Å²) in [6.45, 7) is 1.88. The third kappa shape index (κ3) is 3.10. The average Bonchev–Trinajstić information content (AvgIpc) is 3.18. The zero-order chi connectivity index (χ0) is 17.8. The SMILES string of the molecule is CC1(NC(=O)C2(CC(=O)C(F)(F)F)CC2)CCc2cc(Br)ccc21. The van der Waals surface area contributed by atoms with Crippen LogP contribution in [0, 0.1) is 5.41 Å². The second-order valence-corrected chi connectivity index (χ2v) is 7.88. The van der Waals surface area contributed by atoms with Crippen LogP contribution in [0.5, 0.6) is 0 Å². The molecule has 0 radical (unpaired) electrons. The summed E-state index contributed by atoms with van der Waals surface area (Å²) in [4.78, 5) is 23.9. The number of carbonyl (C=O) groups excluding carboxylic acids is 2. The molecule has 1 aromatic carbocycles. The van der Waals surface area contributed by atoms with E-state index in [0.717, 1.165) is 22.0 Å². The van der Waals surface area contributed by atoms with E-state index in [-0.39, 0.29) is 0 Å². The molecule has 7 heteroatoms. The summed E-state index contributed by atoms with van der Waals surface area (Å²) in [5.74, 6) is -2.27. The van der Waals surface area contributed by atoms with Crippen LogP contribution in [0.2, 0.25) is 0 Å². The molecule has 0 aromatic heterocycles. The first-order valence-corrected chi connectivity index (χ1v) is 8.57. The maximum absolute atomic E-state index is 12.6. The van der Waals surface area contributed by atoms with Gasteiger partial charge in [-0.3, -0.25) is 9.59 Å². The first-order valence-electron chi connectivity index (χ1n) is 7.77. The van der Waals surface area contributed by atoms with Crippen molar-refractivity contribution in [3.63, 3.8) is 0 Å². The minimum absolute atomic E-state index is 0.323. The Kier molecular flexibility index (Phi) is 4.06. The van der Waals surface area contributed by atoms with Crippen molar-refractivity contribution in [2.75, 3.05) is 0 Å². The monoisotopic (exact) mass is 403 g/mol. The van der Waals surface area contributed by atoms with Crippen LogP contribution in [0.15, 0.2) is 22.7 Å². The molecule has 2 aliphatic carbocycles. The molecular formula is C17H17BrF3NO2. The Balaban J connectivity index is 1.75. The molecule has 1 saturated carbocycles. The van der Waals surface area contributed by atoms with Gasteiger partial charge in [-0.15, -0.1) is 0 Å². The van der Waals surface area contributed by atoms with Crippen LogP contribution < -0.4 is 5.32 Å². The van der Waals surface area contributed by atoms with Gasteiger partial charge >= 0.3 is 6.18 Å². The van der Waals surface area contributed by atoms with Crippen LogP contribution in [0.1, 0.15) is 43.7 Å². The van der Waals surface area contributed by atoms with Gasteiger partial charge in [-0.05, 0) is 55.9 Å². The number of amides is 1. The number of fused-ring (bicyclic) bond motifs is 1. The van der Waals surface area contributed by atoms with Crippen molar-refractivity contribution < 1.29 is 22.8 Å². The molecule has 3 rings (SSSR count). The van der Waals surface area contributed by atoms with Gasteiger partial charge in [0.05, 0.1) is 11.0 Å². The molecule has 0 aliphatic heterocycles. The van der Waals surface area contributed by atoms with Gasteiger partial charge in [-0.1, -0.05) is 22.0 Å². The van der Waals surface area contributed by atoms with Crippen LogP contribution in [-0.2, 0) is 21.5 Å². The highest BCUT2D eigenvalue weighted by molar-refractivity contribution is 9.10. The Morgan fingerprint density at radius 1 is 1.25 bits per heavy atom. The molecule has 0 saturated heterocycles. The van der Waals surface area contributed by atoms with Gasteiger partial charge in [0.15, 0.2) is 0 Å². The fraction of sp³-hybridized carbons (Fsp3) is 0.529. The summed E-state index contributed by atoms with van der Waals surface area (Å²) in [5.41, 5.74) is 0.304. The molecule has 1 amide bonds. The fourth-order valence-corrected chi connectivity index (χ4v) is 3.79. The molecule has 0 bridgehead atoms. The standard InChI is InChI=1S/C17H17BrF3NO2/c1-15(5-4-10-8-11(18)2-3-12(10)15)22-14(24)16(6-7-16)9-13(23)17(19,20)21/h2-3,8H,4-7,9H2,1H3,(H,22,24). The van der Waals surface area contributed by atoms with Gasteiger partial charge in [0.25, 0.3) is 0 Å². The van der Waals surface area contributed by atoms with Crippen molar-refractivity contribution in [3.05, 3.63) is 33.8 Å². The molecule has 1 fully saturated rings. The van der Waals surface area contributed by atoms with E-state index in [0.29, 0.717) is 19.3 Å². The zero-order valence-electron chi connectivity index (χ0n) is 13.1.